The van der Waals surface area contributed by atoms with E-state index in [4.69, 9.17) is 4.74 Å². The van der Waals surface area contributed by atoms with E-state index < -0.39 is 0 Å². The molecule has 0 aromatic heterocycles. The highest BCUT2D eigenvalue weighted by Crippen LogP contribution is 2.23. The fraction of sp³-hybridized carbons (Fsp3) is 0.696. The Labute approximate surface area is 169 Å². The van der Waals surface area contributed by atoms with Gasteiger partial charge in [-0.1, -0.05) is 31.4 Å². The third kappa shape index (κ3) is 7.01. The summed E-state index contributed by atoms with van der Waals surface area (Å²) in [6, 6.07) is 7.58. The maximum atomic E-state index is 12.3. The molecule has 1 aliphatic carbocycles. The summed E-state index contributed by atoms with van der Waals surface area (Å²) in [5.74, 6) is 1.00. The molecule has 3 rings (SSSR count). The Balaban J connectivity index is 1.23. The van der Waals surface area contributed by atoms with E-state index in [2.05, 4.69) is 5.32 Å². The molecule has 1 heterocycles. The maximum Gasteiger partial charge on any atom is 0.317 e. The molecule has 0 radical (unpaired) electrons. The van der Waals surface area contributed by atoms with Gasteiger partial charge in [-0.05, 0) is 68.6 Å². The lowest BCUT2D eigenvalue weighted by atomic mass is 9.90. The van der Waals surface area contributed by atoms with Crippen molar-refractivity contribution in [2.24, 2.45) is 5.92 Å². The minimum atomic E-state index is 0.0784. The molecule has 5 heteroatoms. The number of hydrogen-bond donors (Lipinski definition) is 2. The highest BCUT2D eigenvalue weighted by atomic mass is 16.5. The number of amides is 2. The zero-order valence-corrected chi connectivity index (χ0v) is 17.1. The van der Waals surface area contributed by atoms with E-state index in [1.54, 1.807) is 12.1 Å². The Hall–Kier alpha value is -1.75. The number of aryl methyl sites for hydroxylation is 1. The Morgan fingerprint density at radius 1 is 1.07 bits per heavy atom. The largest absolute Gasteiger partial charge is 0.508 e. The first kappa shape index (κ1) is 21.0. The summed E-state index contributed by atoms with van der Waals surface area (Å²) in [4.78, 5) is 14.3. The van der Waals surface area contributed by atoms with E-state index in [-0.39, 0.29) is 6.03 Å². The Morgan fingerprint density at radius 2 is 1.79 bits per heavy atom. The van der Waals surface area contributed by atoms with Crippen LogP contribution in [-0.2, 0) is 11.2 Å². The van der Waals surface area contributed by atoms with Gasteiger partial charge in [-0.15, -0.1) is 0 Å². The van der Waals surface area contributed by atoms with Crippen molar-refractivity contribution >= 4 is 6.03 Å². The van der Waals surface area contributed by atoms with Crippen LogP contribution in [0, 0.1) is 5.92 Å². The van der Waals surface area contributed by atoms with Gasteiger partial charge in [-0.3, -0.25) is 0 Å². The number of nitrogens with one attached hydrogen (secondary N) is 1. The molecule has 1 aromatic carbocycles. The van der Waals surface area contributed by atoms with E-state index in [0.29, 0.717) is 24.3 Å². The summed E-state index contributed by atoms with van der Waals surface area (Å²) in [6.07, 6.45) is 12.0. The number of benzene rings is 1. The van der Waals surface area contributed by atoms with Crippen LogP contribution in [0.3, 0.4) is 0 Å². The van der Waals surface area contributed by atoms with E-state index in [9.17, 15) is 9.90 Å². The number of rotatable bonds is 8. The molecule has 1 aromatic rings. The highest BCUT2D eigenvalue weighted by Gasteiger charge is 2.22. The van der Waals surface area contributed by atoms with Crippen molar-refractivity contribution in [3.8, 4) is 5.75 Å². The number of phenolic OH excluding ortho intramolecular Hbond substituents is 1. The molecule has 2 amide bonds. The Morgan fingerprint density at radius 3 is 2.50 bits per heavy atom. The van der Waals surface area contributed by atoms with E-state index >= 15 is 0 Å². The predicted molar refractivity (Wildman–Crippen MR) is 112 cm³/mol. The number of phenols is 1. The molecule has 0 atom stereocenters. The van der Waals surface area contributed by atoms with Crippen molar-refractivity contribution in [3.63, 3.8) is 0 Å². The number of urea groups is 1. The second kappa shape index (κ2) is 11.3. The molecule has 156 valence electrons. The summed E-state index contributed by atoms with van der Waals surface area (Å²) >= 11 is 0. The number of ether oxygens (including phenoxy) is 1. The van der Waals surface area contributed by atoms with Gasteiger partial charge in [0.1, 0.15) is 5.75 Å². The molecule has 0 unspecified atom stereocenters. The minimum absolute atomic E-state index is 0.0784. The third-order valence-corrected chi connectivity index (χ3v) is 6.18. The highest BCUT2D eigenvalue weighted by molar-refractivity contribution is 5.74. The number of nitrogens with zero attached hydrogens (tertiary/aromatic N) is 1. The second-order valence-electron chi connectivity index (χ2n) is 8.35. The van der Waals surface area contributed by atoms with Crippen LogP contribution in [0.4, 0.5) is 4.79 Å². The third-order valence-electron chi connectivity index (χ3n) is 6.18. The van der Waals surface area contributed by atoms with Gasteiger partial charge < -0.3 is 20.1 Å². The maximum absolute atomic E-state index is 12.3. The summed E-state index contributed by atoms with van der Waals surface area (Å²) in [5.41, 5.74) is 1.27. The van der Waals surface area contributed by atoms with Crippen LogP contribution in [0.5, 0.6) is 5.75 Å². The number of carbonyl (C=O) groups is 1. The van der Waals surface area contributed by atoms with Crippen molar-refractivity contribution in [2.75, 3.05) is 26.2 Å². The van der Waals surface area contributed by atoms with Gasteiger partial charge in [-0.25, -0.2) is 4.79 Å². The van der Waals surface area contributed by atoms with E-state index in [1.165, 1.54) is 37.7 Å². The predicted octanol–water partition coefficient (Wildman–Crippen LogP) is 4.49. The Kier molecular flexibility index (Phi) is 8.46. The molecular weight excluding hydrogens is 352 g/mol. The van der Waals surface area contributed by atoms with Crippen LogP contribution in [0.15, 0.2) is 24.3 Å². The second-order valence-corrected chi connectivity index (χ2v) is 8.35. The van der Waals surface area contributed by atoms with Crippen molar-refractivity contribution in [1.29, 1.82) is 0 Å². The van der Waals surface area contributed by atoms with Gasteiger partial charge >= 0.3 is 6.03 Å². The van der Waals surface area contributed by atoms with Gasteiger partial charge in [-0.2, -0.15) is 0 Å². The molecule has 1 aliphatic heterocycles. The standard InChI is InChI=1S/C23H36N2O3/c26-21-11-9-19(10-12-21)7-8-20-13-16-25(17-14-20)23(27)24-15-4-18-28-22-5-2-1-3-6-22/h9-12,20,22,26H,1-8,13-18H2,(H,24,27). The number of carbonyl (C=O) groups excluding carboxylic acids is 1. The van der Waals surface area contributed by atoms with Gasteiger partial charge in [0.15, 0.2) is 0 Å². The van der Waals surface area contributed by atoms with Crippen molar-refractivity contribution < 1.29 is 14.6 Å². The summed E-state index contributed by atoms with van der Waals surface area (Å²) in [5, 5.41) is 12.4. The molecule has 28 heavy (non-hydrogen) atoms. The minimum Gasteiger partial charge on any atom is -0.508 e. The average Bonchev–Trinajstić information content (AvgIpc) is 2.74. The topological polar surface area (TPSA) is 61.8 Å². The van der Waals surface area contributed by atoms with E-state index in [0.717, 1.165) is 51.8 Å². The first-order valence-electron chi connectivity index (χ1n) is 11.1. The molecule has 2 aliphatic rings. The van der Waals surface area contributed by atoms with Crippen LogP contribution >= 0.6 is 0 Å². The molecule has 1 saturated heterocycles. The molecule has 1 saturated carbocycles. The fourth-order valence-electron chi connectivity index (χ4n) is 4.32. The molecule has 2 N–H and O–H groups in total. The molecule has 0 spiro atoms. The molecule has 5 nitrogen and oxygen atoms in total. The van der Waals surface area contributed by atoms with Crippen molar-refractivity contribution in [2.45, 2.75) is 70.3 Å². The summed E-state index contributed by atoms with van der Waals surface area (Å²) in [6.45, 7) is 3.16. The molecular formula is C23H36N2O3. The van der Waals surface area contributed by atoms with Gasteiger partial charge in [0.2, 0.25) is 0 Å². The number of aromatic hydroxyl groups is 1. The first-order chi connectivity index (χ1) is 13.7. The SMILES string of the molecule is O=C(NCCCOC1CCCCC1)N1CCC(CCc2ccc(O)cc2)CC1. The number of hydrogen-bond acceptors (Lipinski definition) is 3. The van der Waals surface area contributed by atoms with Crippen LogP contribution in [0.1, 0.15) is 63.4 Å². The summed E-state index contributed by atoms with van der Waals surface area (Å²) < 4.78 is 5.92. The van der Waals surface area contributed by atoms with Crippen LogP contribution in [0.25, 0.3) is 0 Å². The van der Waals surface area contributed by atoms with Crippen molar-refractivity contribution in [1.82, 2.24) is 10.2 Å². The van der Waals surface area contributed by atoms with Gasteiger partial charge in [0.05, 0.1) is 6.10 Å². The van der Waals surface area contributed by atoms with Crippen LogP contribution in [0.2, 0.25) is 0 Å². The zero-order chi connectivity index (χ0) is 19.6. The summed E-state index contributed by atoms with van der Waals surface area (Å²) in [7, 11) is 0. The lowest BCUT2D eigenvalue weighted by molar-refractivity contribution is 0.0274. The quantitative estimate of drug-likeness (QED) is 0.645. The first-order valence-corrected chi connectivity index (χ1v) is 11.1. The fourth-order valence-corrected chi connectivity index (χ4v) is 4.32. The average molecular weight is 389 g/mol. The smallest absolute Gasteiger partial charge is 0.317 e. The Bertz CT molecular complexity index is 576. The lowest BCUT2D eigenvalue weighted by Gasteiger charge is -2.32. The molecule has 0 bridgehead atoms. The number of piperidine rings is 1. The normalized spacial score (nSPS) is 18.9. The van der Waals surface area contributed by atoms with E-state index in [1.807, 2.05) is 17.0 Å². The van der Waals surface area contributed by atoms with Gasteiger partial charge in [0, 0.05) is 26.2 Å². The zero-order valence-electron chi connectivity index (χ0n) is 17.1. The van der Waals surface area contributed by atoms with Crippen LogP contribution in [-0.4, -0.2) is 48.4 Å². The van der Waals surface area contributed by atoms with Crippen molar-refractivity contribution in [3.05, 3.63) is 29.8 Å². The molecule has 2 fully saturated rings. The lowest BCUT2D eigenvalue weighted by Crippen LogP contribution is -2.44. The monoisotopic (exact) mass is 388 g/mol. The van der Waals surface area contributed by atoms with Crippen LogP contribution < -0.4 is 5.32 Å². The number of likely N-dealkylation sites (tertiary alicyclic amines) is 1. The van der Waals surface area contributed by atoms with Gasteiger partial charge in [0.25, 0.3) is 0 Å².